The number of nitrogens with zero attached hydrogens (tertiary/aromatic N) is 4. The molecule has 3 heterocycles. The number of hydrogen-bond acceptors (Lipinski definition) is 5. The predicted octanol–water partition coefficient (Wildman–Crippen LogP) is 4.99. The number of carbonyl (C=O) groups excluding carboxylic acids is 1. The standard InChI is InChI=1S/C23H22FN5O.ClH/c1-14-7-9-29(10-8-14)23(30)19-13-26-22-18(5-3-15(2)27-22)21(19)28-17-4-6-20(24)16(11-17)12-25;/h3-6,11,13-14H,7-10H2,1-2H3,(H,26,27,28);1H. The molecule has 160 valence electrons. The van der Waals surface area contributed by atoms with E-state index >= 15 is 0 Å². The van der Waals surface area contributed by atoms with E-state index in [-0.39, 0.29) is 23.9 Å². The van der Waals surface area contributed by atoms with E-state index < -0.39 is 5.82 Å². The zero-order chi connectivity index (χ0) is 21.3. The fourth-order valence-corrected chi connectivity index (χ4v) is 3.68. The third-order valence-corrected chi connectivity index (χ3v) is 5.53. The Morgan fingerprint density at radius 1 is 1.26 bits per heavy atom. The Morgan fingerprint density at radius 3 is 2.71 bits per heavy atom. The molecule has 0 radical (unpaired) electrons. The lowest BCUT2D eigenvalue weighted by molar-refractivity contribution is 0.0698. The molecule has 0 atom stereocenters. The average molecular weight is 440 g/mol. The molecule has 1 amide bonds. The highest BCUT2D eigenvalue weighted by atomic mass is 35.5. The van der Waals surface area contributed by atoms with Gasteiger partial charge < -0.3 is 10.2 Å². The van der Waals surface area contributed by atoms with E-state index in [9.17, 15) is 9.18 Å². The third-order valence-electron chi connectivity index (χ3n) is 5.53. The zero-order valence-corrected chi connectivity index (χ0v) is 18.2. The summed E-state index contributed by atoms with van der Waals surface area (Å²) >= 11 is 0. The van der Waals surface area contributed by atoms with Crippen LogP contribution in [0.25, 0.3) is 11.0 Å². The van der Waals surface area contributed by atoms with Crippen molar-refractivity contribution in [2.45, 2.75) is 26.7 Å². The molecule has 0 unspecified atom stereocenters. The van der Waals surface area contributed by atoms with Gasteiger partial charge in [0.2, 0.25) is 0 Å². The summed E-state index contributed by atoms with van der Waals surface area (Å²) in [5, 5.41) is 13.1. The predicted molar refractivity (Wildman–Crippen MR) is 120 cm³/mol. The van der Waals surface area contributed by atoms with Crippen molar-refractivity contribution in [3.05, 3.63) is 59.2 Å². The van der Waals surface area contributed by atoms with Crippen molar-refractivity contribution in [2.24, 2.45) is 5.92 Å². The number of aryl methyl sites for hydroxylation is 1. The van der Waals surface area contributed by atoms with Crippen LogP contribution < -0.4 is 5.32 Å². The molecule has 1 aliphatic rings. The molecule has 1 aromatic carbocycles. The monoisotopic (exact) mass is 439 g/mol. The Kier molecular flexibility index (Phi) is 6.71. The number of benzene rings is 1. The highest BCUT2D eigenvalue weighted by Crippen LogP contribution is 2.31. The van der Waals surface area contributed by atoms with Gasteiger partial charge in [0.1, 0.15) is 11.9 Å². The fourth-order valence-electron chi connectivity index (χ4n) is 3.68. The van der Waals surface area contributed by atoms with Gasteiger partial charge in [-0.2, -0.15) is 5.26 Å². The van der Waals surface area contributed by atoms with E-state index in [0.717, 1.165) is 18.5 Å². The lowest BCUT2D eigenvalue weighted by Gasteiger charge is -2.31. The number of halogens is 2. The molecule has 1 saturated heterocycles. The van der Waals surface area contributed by atoms with Gasteiger partial charge in [-0.05, 0) is 56.0 Å². The van der Waals surface area contributed by atoms with Crippen molar-refractivity contribution < 1.29 is 9.18 Å². The number of pyridine rings is 2. The average Bonchev–Trinajstić information content (AvgIpc) is 2.75. The summed E-state index contributed by atoms with van der Waals surface area (Å²) in [6.45, 7) is 5.49. The quantitative estimate of drug-likeness (QED) is 0.621. The summed E-state index contributed by atoms with van der Waals surface area (Å²) in [7, 11) is 0. The minimum atomic E-state index is -0.585. The van der Waals surface area contributed by atoms with E-state index in [4.69, 9.17) is 5.26 Å². The largest absolute Gasteiger partial charge is 0.354 e. The molecular weight excluding hydrogens is 417 g/mol. The molecule has 1 N–H and O–H groups in total. The van der Waals surface area contributed by atoms with Gasteiger partial charge in [0.15, 0.2) is 5.65 Å². The van der Waals surface area contributed by atoms with Crippen LogP contribution in [0.4, 0.5) is 15.8 Å². The molecule has 1 fully saturated rings. The van der Waals surface area contributed by atoms with Crippen LogP contribution in [0.2, 0.25) is 0 Å². The number of piperidine rings is 1. The molecule has 3 aromatic rings. The number of fused-ring (bicyclic) bond motifs is 1. The maximum absolute atomic E-state index is 13.8. The Balaban J connectivity index is 0.00000272. The molecule has 31 heavy (non-hydrogen) atoms. The first kappa shape index (κ1) is 22.4. The number of anilines is 2. The smallest absolute Gasteiger partial charge is 0.257 e. The highest BCUT2D eigenvalue weighted by Gasteiger charge is 2.25. The SMILES string of the molecule is Cc1ccc2c(Nc3ccc(F)c(C#N)c3)c(C(=O)N3CCC(C)CC3)cnc2n1.Cl. The van der Waals surface area contributed by atoms with Crippen molar-refractivity contribution in [3.63, 3.8) is 0 Å². The lowest BCUT2D eigenvalue weighted by atomic mass is 9.98. The number of amides is 1. The van der Waals surface area contributed by atoms with Crippen molar-refractivity contribution in [3.8, 4) is 6.07 Å². The minimum Gasteiger partial charge on any atom is -0.354 e. The second-order valence-electron chi connectivity index (χ2n) is 7.78. The Labute approximate surface area is 186 Å². The van der Waals surface area contributed by atoms with Gasteiger partial charge in [-0.3, -0.25) is 4.79 Å². The molecule has 0 saturated carbocycles. The van der Waals surface area contributed by atoms with Crippen LogP contribution in [0.15, 0.2) is 36.5 Å². The van der Waals surface area contributed by atoms with Crippen LogP contribution >= 0.6 is 12.4 Å². The minimum absolute atomic E-state index is 0. The Morgan fingerprint density at radius 2 is 2.00 bits per heavy atom. The topological polar surface area (TPSA) is 81.9 Å². The molecule has 4 rings (SSSR count). The number of carbonyl (C=O) groups is 1. The van der Waals surface area contributed by atoms with Crippen molar-refractivity contribution in [2.75, 3.05) is 18.4 Å². The summed E-state index contributed by atoms with van der Waals surface area (Å²) < 4.78 is 13.8. The molecule has 0 spiro atoms. The molecule has 0 aliphatic carbocycles. The van der Waals surface area contributed by atoms with E-state index in [2.05, 4.69) is 22.2 Å². The van der Waals surface area contributed by atoms with E-state index in [0.29, 0.717) is 47.0 Å². The molecule has 1 aliphatic heterocycles. The van der Waals surface area contributed by atoms with E-state index in [1.807, 2.05) is 30.0 Å². The Hall–Kier alpha value is -3.24. The van der Waals surface area contributed by atoms with Crippen LogP contribution in [-0.4, -0.2) is 33.9 Å². The zero-order valence-electron chi connectivity index (χ0n) is 17.4. The van der Waals surface area contributed by atoms with Crippen molar-refractivity contribution in [1.29, 1.82) is 5.26 Å². The summed E-state index contributed by atoms with van der Waals surface area (Å²) in [6.07, 6.45) is 3.49. The van der Waals surface area contributed by atoms with Crippen molar-refractivity contribution >= 4 is 40.7 Å². The molecule has 0 bridgehead atoms. The lowest BCUT2D eigenvalue weighted by Crippen LogP contribution is -2.38. The van der Waals surface area contributed by atoms with Crippen LogP contribution in [-0.2, 0) is 0 Å². The maximum atomic E-state index is 13.8. The van der Waals surface area contributed by atoms with Crippen LogP contribution in [0, 0.1) is 30.0 Å². The summed E-state index contributed by atoms with van der Waals surface area (Å²) in [5.74, 6) is -0.0715. The van der Waals surface area contributed by atoms with Crippen LogP contribution in [0.3, 0.4) is 0 Å². The second kappa shape index (κ2) is 9.27. The van der Waals surface area contributed by atoms with Crippen LogP contribution in [0.5, 0.6) is 0 Å². The second-order valence-corrected chi connectivity index (χ2v) is 7.78. The first-order chi connectivity index (χ1) is 14.5. The van der Waals surface area contributed by atoms with Gasteiger partial charge in [0.25, 0.3) is 5.91 Å². The Bertz CT molecular complexity index is 1170. The molecule has 2 aromatic heterocycles. The van der Waals surface area contributed by atoms with Gasteiger partial charge in [-0.25, -0.2) is 14.4 Å². The van der Waals surface area contributed by atoms with Gasteiger partial charge in [-0.1, -0.05) is 6.92 Å². The van der Waals surface area contributed by atoms with Gasteiger partial charge in [0.05, 0.1) is 16.8 Å². The van der Waals surface area contributed by atoms with Crippen molar-refractivity contribution in [1.82, 2.24) is 14.9 Å². The molecule has 6 nitrogen and oxygen atoms in total. The number of nitriles is 1. The fraction of sp³-hybridized carbons (Fsp3) is 0.304. The van der Waals surface area contributed by atoms with Gasteiger partial charge >= 0.3 is 0 Å². The first-order valence-corrected chi connectivity index (χ1v) is 9.98. The third kappa shape index (κ3) is 4.59. The maximum Gasteiger partial charge on any atom is 0.257 e. The molecule has 8 heteroatoms. The van der Waals surface area contributed by atoms with E-state index in [1.165, 1.54) is 12.1 Å². The van der Waals surface area contributed by atoms with Gasteiger partial charge in [-0.15, -0.1) is 12.4 Å². The number of rotatable bonds is 3. The molecular formula is C23H23ClFN5O. The highest BCUT2D eigenvalue weighted by molar-refractivity contribution is 6.07. The summed E-state index contributed by atoms with van der Waals surface area (Å²) in [6, 6.07) is 9.78. The number of hydrogen-bond donors (Lipinski definition) is 1. The van der Waals surface area contributed by atoms with Gasteiger partial charge in [0, 0.05) is 36.1 Å². The normalized spacial score (nSPS) is 14.1. The summed E-state index contributed by atoms with van der Waals surface area (Å²) in [5.41, 5.74) is 2.78. The number of nitrogens with one attached hydrogen (secondary N) is 1. The number of aromatic nitrogens is 2. The number of likely N-dealkylation sites (tertiary alicyclic amines) is 1. The van der Waals surface area contributed by atoms with Crippen LogP contribution in [0.1, 0.15) is 41.4 Å². The van der Waals surface area contributed by atoms with E-state index in [1.54, 1.807) is 12.3 Å². The first-order valence-electron chi connectivity index (χ1n) is 9.98. The summed E-state index contributed by atoms with van der Waals surface area (Å²) in [4.78, 5) is 24.0.